The number of halogens is 2. The lowest BCUT2D eigenvalue weighted by Gasteiger charge is -2.14. The SMILES string of the molecule is Cc1ccc(S(=O)(=O)Nc2cc(OCc3ccccc3)c(Cl)cc2Cl)cc1. The monoisotopic (exact) mass is 421 g/mol. The molecular formula is C20H17Cl2NO3S. The van der Waals surface area contributed by atoms with Gasteiger partial charge in [0.2, 0.25) is 0 Å². The summed E-state index contributed by atoms with van der Waals surface area (Å²) in [7, 11) is -3.78. The van der Waals surface area contributed by atoms with E-state index in [0.717, 1.165) is 11.1 Å². The van der Waals surface area contributed by atoms with Crippen LogP contribution in [0.1, 0.15) is 11.1 Å². The van der Waals surface area contributed by atoms with E-state index in [9.17, 15) is 8.42 Å². The molecule has 3 aromatic carbocycles. The molecule has 0 aromatic heterocycles. The summed E-state index contributed by atoms with van der Waals surface area (Å²) in [6.45, 7) is 2.18. The van der Waals surface area contributed by atoms with E-state index in [0.29, 0.717) is 17.4 Å². The third kappa shape index (κ3) is 4.95. The van der Waals surface area contributed by atoms with Crippen molar-refractivity contribution in [1.29, 1.82) is 0 Å². The first-order chi connectivity index (χ1) is 12.8. The number of ether oxygens (including phenoxy) is 1. The standard InChI is InChI=1S/C20H17Cl2NO3S/c1-14-7-9-16(10-8-14)27(24,25)23-19-12-20(18(22)11-17(19)21)26-13-15-5-3-2-4-6-15/h2-12,23H,13H2,1H3. The minimum Gasteiger partial charge on any atom is -0.487 e. The van der Waals surface area contributed by atoms with E-state index in [2.05, 4.69) is 4.72 Å². The second-order valence-electron chi connectivity index (χ2n) is 5.96. The molecule has 0 spiro atoms. The molecule has 0 aliphatic rings. The molecule has 140 valence electrons. The zero-order chi connectivity index (χ0) is 19.4. The highest BCUT2D eigenvalue weighted by atomic mass is 35.5. The van der Waals surface area contributed by atoms with Crippen molar-refractivity contribution in [3.63, 3.8) is 0 Å². The molecule has 0 aliphatic carbocycles. The molecule has 1 N–H and O–H groups in total. The van der Waals surface area contributed by atoms with Gasteiger partial charge in [-0.15, -0.1) is 0 Å². The number of benzene rings is 3. The minimum absolute atomic E-state index is 0.144. The van der Waals surface area contributed by atoms with Gasteiger partial charge in [-0.25, -0.2) is 8.42 Å². The molecule has 0 saturated carbocycles. The third-order valence-electron chi connectivity index (χ3n) is 3.83. The van der Waals surface area contributed by atoms with Gasteiger partial charge in [0.25, 0.3) is 10.0 Å². The molecule has 0 atom stereocenters. The zero-order valence-corrected chi connectivity index (χ0v) is 16.8. The van der Waals surface area contributed by atoms with Gasteiger partial charge in [0.15, 0.2) is 0 Å². The lowest BCUT2D eigenvalue weighted by Crippen LogP contribution is -2.13. The molecule has 27 heavy (non-hydrogen) atoms. The average Bonchev–Trinajstić information content (AvgIpc) is 2.64. The van der Waals surface area contributed by atoms with E-state index >= 15 is 0 Å². The van der Waals surface area contributed by atoms with Crippen molar-refractivity contribution in [2.75, 3.05) is 4.72 Å². The van der Waals surface area contributed by atoms with Gasteiger partial charge in [-0.1, -0.05) is 71.2 Å². The number of nitrogens with one attached hydrogen (secondary N) is 1. The van der Waals surface area contributed by atoms with Crippen LogP contribution in [0.25, 0.3) is 0 Å². The largest absolute Gasteiger partial charge is 0.487 e. The van der Waals surface area contributed by atoms with Gasteiger partial charge < -0.3 is 4.74 Å². The first-order valence-electron chi connectivity index (χ1n) is 8.10. The maximum absolute atomic E-state index is 12.6. The summed E-state index contributed by atoms with van der Waals surface area (Å²) >= 11 is 12.4. The van der Waals surface area contributed by atoms with E-state index in [1.807, 2.05) is 37.3 Å². The Morgan fingerprint density at radius 1 is 0.926 bits per heavy atom. The summed E-state index contributed by atoms with van der Waals surface area (Å²) in [5, 5.41) is 0.483. The van der Waals surface area contributed by atoms with E-state index in [1.54, 1.807) is 12.1 Å². The Bertz CT molecular complexity index is 1040. The normalized spacial score (nSPS) is 11.2. The molecular weight excluding hydrogens is 405 g/mol. The zero-order valence-electron chi connectivity index (χ0n) is 14.4. The highest BCUT2D eigenvalue weighted by molar-refractivity contribution is 7.92. The van der Waals surface area contributed by atoms with Crippen LogP contribution in [-0.4, -0.2) is 8.42 Å². The lowest BCUT2D eigenvalue weighted by molar-refractivity contribution is 0.306. The van der Waals surface area contributed by atoms with Crippen LogP contribution in [0.15, 0.2) is 71.6 Å². The van der Waals surface area contributed by atoms with Gasteiger partial charge in [-0.05, 0) is 30.7 Å². The van der Waals surface area contributed by atoms with Crippen LogP contribution in [0.3, 0.4) is 0 Å². The van der Waals surface area contributed by atoms with Crippen molar-refractivity contribution in [3.05, 3.63) is 87.9 Å². The smallest absolute Gasteiger partial charge is 0.261 e. The van der Waals surface area contributed by atoms with Gasteiger partial charge in [0.1, 0.15) is 12.4 Å². The second kappa shape index (κ2) is 8.21. The molecule has 0 aliphatic heterocycles. The van der Waals surface area contributed by atoms with Gasteiger partial charge in [0, 0.05) is 6.07 Å². The quantitative estimate of drug-likeness (QED) is 0.556. The summed E-state index contributed by atoms with van der Waals surface area (Å²) in [6.07, 6.45) is 0. The lowest BCUT2D eigenvalue weighted by atomic mass is 10.2. The van der Waals surface area contributed by atoms with Crippen molar-refractivity contribution in [2.24, 2.45) is 0 Å². The fraction of sp³-hybridized carbons (Fsp3) is 0.100. The van der Waals surface area contributed by atoms with Crippen LogP contribution in [0.5, 0.6) is 5.75 Å². The van der Waals surface area contributed by atoms with Gasteiger partial charge in [0.05, 0.1) is 20.6 Å². The third-order valence-corrected chi connectivity index (χ3v) is 5.82. The Labute approximate surface area is 168 Å². The summed E-state index contributed by atoms with van der Waals surface area (Å²) in [5.74, 6) is 0.339. The Kier molecular flexibility index (Phi) is 5.95. The van der Waals surface area contributed by atoms with Crippen LogP contribution in [0.2, 0.25) is 10.0 Å². The molecule has 3 rings (SSSR count). The molecule has 0 amide bonds. The first kappa shape index (κ1) is 19.5. The van der Waals surface area contributed by atoms with Gasteiger partial charge in [-0.2, -0.15) is 0 Å². The predicted octanol–water partition coefficient (Wildman–Crippen LogP) is 5.68. The Morgan fingerprint density at radius 2 is 1.59 bits per heavy atom. The van der Waals surface area contributed by atoms with Crippen LogP contribution in [0.4, 0.5) is 5.69 Å². The summed E-state index contributed by atoms with van der Waals surface area (Å²) < 4.78 is 33.4. The molecule has 0 fully saturated rings. The number of rotatable bonds is 6. The minimum atomic E-state index is -3.78. The van der Waals surface area contributed by atoms with E-state index in [1.165, 1.54) is 24.3 Å². The van der Waals surface area contributed by atoms with Crippen molar-refractivity contribution in [2.45, 2.75) is 18.4 Å². The number of sulfonamides is 1. The first-order valence-corrected chi connectivity index (χ1v) is 10.3. The number of anilines is 1. The molecule has 7 heteroatoms. The summed E-state index contributed by atoms with van der Waals surface area (Å²) in [6, 6.07) is 19.0. The van der Waals surface area contributed by atoms with Crippen LogP contribution >= 0.6 is 23.2 Å². The fourth-order valence-corrected chi connectivity index (χ4v) is 3.99. The number of hydrogen-bond acceptors (Lipinski definition) is 3. The van der Waals surface area contributed by atoms with E-state index in [4.69, 9.17) is 27.9 Å². The Balaban J connectivity index is 1.84. The van der Waals surface area contributed by atoms with E-state index < -0.39 is 10.0 Å². The fourth-order valence-electron chi connectivity index (χ4n) is 2.37. The Hall–Kier alpha value is -2.21. The summed E-state index contributed by atoms with van der Waals surface area (Å²) in [4.78, 5) is 0.144. The maximum atomic E-state index is 12.6. The molecule has 0 saturated heterocycles. The molecule has 3 aromatic rings. The highest BCUT2D eigenvalue weighted by Crippen LogP contribution is 2.35. The predicted molar refractivity (Wildman–Crippen MR) is 109 cm³/mol. The molecule has 0 unspecified atom stereocenters. The van der Waals surface area contributed by atoms with Crippen LogP contribution in [-0.2, 0) is 16.6 Å². The van der Waals surface area contributed by atoms with Crippen molar-refractivity contribution >= 4 is 38.9 Å². The van der Waals surface area contributed by atoms with Crippen LogP contribution < -0.4 is 9.46 Å². The van der Waals surface area contributed by atoms with Crippen LogP contribution in [0, 0.1) is 6.92 Å². The van der Waals surface area contributed by atoms with Crippen molar-refractivity contribution in [3.8, 4) is 5.75 Å². The van der Waals surface area contributed by atoms with Gasteiger partial charge in [-0.3, -0.25) is 4.72 Å². The van der Waals surface area contributed by atoms with Gasteiger partial charge >= 0.3 is 0 Å². The average molecular weight is 422 g/mol. The molecule has 0 radical (unpaired) electrons. The van der Waals surface area contributed by atoms with Crippen molar-refractivity contribution in [1.82, 2.24) is 0 Å². The number of hydrogen-bond donors (Lipinski definition) is 1. The number of aryl methyl sites for hydroxylation is 1. The molecule has 0 bridgehead atoms. The molecule has 4 nitrogen and oxygen atoms in total. The highest BCUT2D eigenvalue weighted by Gasteiger charge is 2.17. The topological polar surface area (TPSA) is 55.4 Å². The maximum Gasteiger partial charge on any atom is 0.261 e. The summed E-state index contributed by atoms with van der Waals surface area (Å²) in [5.41, 5.74) is 2.13. The second-order valence-corrected chi connectivity index (χ2v) is 8.45. The molecule has 0 heterocycles. The van der Waals surface area contributed by atoms with Crippen molar-refractivity contribution < 1.29 is 13.2 Å². The van der Waals surface area contributed by atoms with E-state index in [-0.39, 0.29) is 15.6 Å². The Morgan fingerprint density at radius 3 is 2.26 bits per heavy atom.